The summed E-state index contributed by atoms with van der Waals surface area (Å²) in [4.78, 5) is 11.8. The first-order chi connectivity index (χ1) is 11.2. The third-order valence-electron chi connectivity index (χ3n) is 2.85. The zero-order valence-electron chi connectivity index (χ0n) is 12.2. The number of nitrogens with zero attached hydrogens (tertiary/aromatic N) is 2. The lowest BCUT2D eigenvalue weighted by Crippen LogP contribution is -2.10. The molecule has 0 unspecified atom stereocenters. The zero-order chi connectivity index (χ0) is 16.1. The third kappa shape index (κ3) is 3.86. The first-order valence-corrected chi connectivity index (χ1v) is 7.50. The Bertz CT molecular complexity index is 768. The highest BCUT2D eigenvalue weighted by molar-refractivity contribution is 7.15. The fourth-order valence-electron chi connectivity index (χ4n) is 1.75. The lowest BCUT2D eigenvalue weighted by Gasteiger charge is -2.04. The molecule has 8 heteroatoms. The van der Waals surface area contributed by atoms with E-state index in [1.54, 1.807) is 31.4 Å². The Balaban J connectivity index is 1.55. The molecule has 0 atom stereocenters. The highest BCUT2D eigenvalue weighted by Crippen LogP contribution is 2.21. The number of carbonyl (C=O) groups excluding carboxylic acids is 1. The van der Waals surface area contributed by atoms with Crippen LogP contribution >= 0.6 is 11.3 Å². The van der Waals surface area contributed by atoms with E-state index in [0.717, 1.165) is 5.75 Å². The van der Waals surface area contributed by atoms with Crippen LogP contribution in [-0.4, -0.2) is 23.2 Å². The normalized spacial score (nSPS) is 10.3. The maximum Gasteiger partial charge on any atom is 0.293 e. The number of rotatable bonds is 6. The van der Waals surface area contributed by atoms with Gasteiger partial charge in [-0.25, -0.2) is 0 Å². The van der Waals surface area contributed by atoms with E-state index in [0.29, 0.717) is 15.9 Å². The predicted octanol–water partition coefficient (Wildman–Crippen LogP) is 2.97. The van der Waals surface area contributed by atoms with Crippen LogP contribution in [0.3, 0.4) is 0 Å². The van der Waals surface area contributed by atoms with Crippen LogP contribution < -0.4 is 14.8 Å². The Kier molecular flexibility index (Phi) is 4.53. The molecule has 0 saturated carbocycles. The Morgan fingerprint density at radius 2 is 2.00 bits per heavy atom. The first-order valence-electron chi connectivity index (χ1n) is 6.68. The average Bonchev–Trinajstić information content (AvgIpc) is 3.25. The zero-order valence-corrected chi connectivity index (χ0v) is 13.0. The molecule has 0 bridgehead atoms. The van der Waals surface area contributed by atoms with E-state index in [9.17, 15) is 4.79 Å². The van der Waals surface area contributed by atoms with E-state index >= 15 is 0 Å². The highest BCUT2D eigenvalue weighted by Gasteiger charge is 2.12. The molecule has 2 heterocycles. The van der Waals surface area contributed by atoms with E-state index < -0.39 is 0 Å². The van der Waals surface area contributed by atoms with E-state index in [-0.39, 0.29) is 18.3 Å². The summed E-state index contributed by atoms with van der Waals surface area (Å²) in [5, 5.41) is 11.5. The molecule has 23 heavy (non-hydrogen) atoms. The third-order valence-corrected chi connectivity index (χ3v) is 3.67. The summed E-state index contributed by atoms with van der Waals surface area (Å²) in [5.41, 5.74) is 0. The van der Waals surface area contributed by atoms with Gasteiger partial charge in [0.05, 0.1) is 13.4 Å². The fourth-order valence-corrected chi connectivity index (χ4v) is 2.39. The van der Waals surface area contributed by atoms with Crippen molar-refractivity contribution >= 4 is 22.4 Å². The fraction of sp³-hybridized carbons (Fsp3) is 0.133. The number of furan rings is 1. The number of aromatic nitrogens is 2. The maximum absolute atomic E-state index is 11.8. The number of ether oxygens (including phenoxy) is 2. The van der Waals surface area contributed by atoms with Gasteiger partial charge in [0.1, 0.15) is 18.1 Å². The Morgan fingerprint density at radius 1 is 1.22 bits per heavy atom. The standard InChI is InChI=1S/C15H13N3O4S/c1-20-10-4-6-11(7-5-10)22-9-13-17-18-15(23-13)16-14(19)12-3-2-8-21-12/h2-8H,9H2,1H3,(H,16,18,19). The molecule has 118 valence electrons. The average molecular weight is 331 g/mol. The molecule has 0 aliphatic rings. The molecule has 1 amide bonds. The smallest absolute Gasteiger partial charge is 0.293 e. The first kappa shape index (κ1) is 15.0. The van der Waals surface area contributed by atoms with Gasteiger partial charge in [0.25, 0.3) is 5.91 Å². The predicted molar refractivity (Wildman–Crippen MR) is 83.9 cm³/mol. The van der Waals surface area contributed by atoms with Crippen molar-refractivity contribution in [3.05, 3.63) is 53.4 Å². The molecule has 0 radical (unpaired) electrons. The van der Waals surface area contributed by atoms with Crippen LogP contribution in [0, 0.1) is 0 Å². The number of methoxy groups -OCH3 is 1. The summed E-state index contributed by atoms with van der Waals surface area (Å²) in [6, 6.07) is 10.4. The summed E-state index contributed by atoms with van der Waals surface area (Å²) in [6.07, 6.45) is 1.43. The number of benzene rings is 1. The molecule has 0 saturated heterocycles. The second kappa shape index (κ2) is 6.93. The van der Waals surface area contributed by atoms with Crippen molar-refractivity contribution < 1.29 is 18.7 Å². The van der Waals surface area contributed by atoms with Gasteiger partial charge >= 0.3 is 0 Å². The van der Waals surface area contributed by atoms with Crippen LogP contribution in [0.1, 0.15) is 15.6 Å². The molecule has 0 fully saturated rings. The van der Waals surface area contributed by atoms with Crippen molar-refractivity contribution in [2.45, 2.75) is 6.61 Å². The summed E-state index contributed by atoms with van der Waals surface area (Å²) >= 11 is 1.24. The second-order valence-electron chi connectivity index (χ2n) is 4.40. The molecular formula is C15H13N3O4S. The minimum atomic E-state index is -0.367. The van der Waals surface area contributed by atoms with Gasteiger partial charge in [-0.3, -0.25) is 10.1 Å². The van der Waals surface area contributed by atoms with E-state index in [1.165, 1.54) is 17.6 Å². The molecule has 1 aromatic carbocycles. The van der Waals surface area contributed by atoms with Gasteiger partial charge in [-0.05, 0) is 36.4 Å². The quantitative estimate of drug-likeness (QED) is 0.747. The van der Waals surface area contributed by atoms with Gasteiger partial charge in [-0.1, -0.05) is 11.3 Å². The summed E-state index contributed by atoms with van der Waals surface area (Å²) in [7, 11) is 1.61. The molecule has 3 rings (SSSR count). The molecule has 0 aliphatic heterocycles. The minimum absolute atomic E-state index is 0.219. The van der Waals surface area contributed by atoms with Gasteiger partial charge < -0.3 is 13.9 Å². The van der Waals surface area contributed by atoms with Crippen LogP contribution in [0.4, 0.5) is 5.13 Å². The number of nitrogens with one attached hydrogen (secondary N) is 1. The molecule has 7 nitrogen and oxygen atoms in total. The maximum atomic E-state index is 11.8. The van der Waals surface area contributed by atoms with E-state index in [2.05, 4.69) is 15.5 Å². The molecule has 3 aromatic rings. The topological polar surface area (TPSA) is 86.5 Å². The second-order valence-corrected chi connectivity index (χ2v) is 5.46. The highest BCUT2D eigenvalue weighted by atomic mass is 32.1. The lowest BCUT2D eigenvalue weighted by molar-refractivity contribution is 0.0996. The summed E-state index contributed by atoms with van der Waals surface area (Å²) in [5.74, 6) is 1.31. The van der Waals surface area contributed by atoms with E-state index in [4.69, 9.17) is 13.9 Å². The largest absolute Gasteiger partial charge is 0.497 e. The number of amides is 1. The van der Waals surface area contributed by atoms with Gasteiger partial charge in [-0.2, -0.15) is 0 Å². The Morgan fingerprint density at radius 3 is 2.70 bits per heavy atom. The van der Waals surface area contributed by atoms with Gasteiger partial charge in [0.15, 0.2) is 10.8 Å². The number of hydrogen-bond donors (Lipinski definition) is 1. The van der Waals surface area contributed by atoms with E-state index in [1.807, 2.05) is 12.1 Å². The van der Waals surface area contributed by atoms with Crippen molar-refractivity contribution in [3.8, 4) is 11.5 Å². The van der Waals surface area contributed by atoms with Crippen molar-refractivity contribution in [1.29, 1.82) is 0 Å². The Hall–Kier alpha value is -2.87. The monoisotopic (exact) mass is 331 g/mol. The van der Waals surface area contributed by atoms with Crippen LogP contribution in [0.15, 0.2) is 47.1 Å². The van der Waals surface area contributed by atoms with Crippen LogP contribution in [0.2, 0.25) is 0 Å². The molecular weight excluding hydrogens is 318 g/mol. The Labute approximate surface area is 135 Å². The van der Waals surface area contributed by atoms with Crippen molar-refractivity contribution in [1.82, 2.24) is 10.2 Å². The van der Waals surface area contributed by atoms with Crippen molar-refractivity contribution in [2.75, 3.05) is 12.4 Å². The molecule has 1 N–H and O–H groups in total. The molecule has 2 aromatic heterocycles. The van der Waals surface area contributed by atoms with Crippen molar-refractivity contribution in [2.24, 2.45) is 0 Å². The number of hydrogen-bond acceptors (Lipinski definition) is 7. The molecule has 0 aliphatic carbocycles. The SMILES string of the molecule is COc1ccc(OCc2nnc(NC(=O)c3ccco3)s2)cc1. The number of carbonyl (C=O) groups is 1. The summed E-state index contributed by atoms with van der Waals surface area (Å²) < 4.78 is 15.7. The number of anilines is 1. The summed E-state index contributed by atoms with van der Waals surface area (Å²) in [6.45, 7) is 0.265. The van der Waals surface area contributed by atoms with Crippen molar-refractivity contribution in [3.63, 3.8) is 0 Å². The lowest BCUT2D eigenvalue weighted by atomic mass is 10.3. The molecule has 0 spiro atoms. The van der Waals surface area contributed by atoms with Crippen LogP contribution in [0.5, 0.6) is 11.5 Å². The van der Waals surface area contributed by atoms with Crippen LogP contribution in [0.25, 0.3) is 0 Å². The van der Waals surface area contributed by atoms with Crippen LogP contribution in [-0.2, 0) is 6.61 Å². The van der Waals surface area contributed by atoms with Gasteiger partial charge in [0, 0.05) is 0 Å². The van der Waals surface area contributed by atoms with Gasteiger partial charge in [0.2, 0.25) is 5.13 Å². The minimum Gasteiger partial charge on any atom is -0.497 e. The van der Waals surface area contributed by atoms with Gasteiger partial charge in [-0.15, -0.1) is 10.2 Å².